The molecule has 124 valence electrons. The summed E-state index contributed by atoms with van der Waals surface area (Å²) in [6.07, 6.45) is 7.81. The summed E-state index contributed by atoms with van der Waals surface area (Å²) in [5, 5.41) is 20.3. The fraction of sp³-hybridized carbons (Fsp3) is 0.333. The van der Waals surface area contributed by atoms with Gasteiger partial charge in [-0.15, -0.1) is 0 Å². The van der Waals surface area contributed by atoms with Crippen molar-refractivity contribution in [3.05, 3.63) is 47.4 Å². The van der Waals surface area contributed by atoms with Gasteiger partial charge in [0.15, 0.2) is 11.5 Å². The highest BCUT2D eigenvalue weighted by Gasteiger charge is 2.19. The van der Waals surface area contributed by atoms with Crippen molar-refractivity contribution in [3.63, 3.8) is 0 Å². The molecule has 1 aromatic carbocycles. The number of furan rings is 1. The molecule has 5 heteroatoms. The normalized spacial score (nSPS) is 11.5. The molecular weight excluding hydrogens is 296 g/mol. The molecule has 23 heavy (non-hydrogen) atoms. The van der Waals surface area contributed by atoms with Crippen molar-refractivity contribution in [3.8, 4) is 23.0 Å². The van der Waals surface area contributed by atoms with Gasteiger partial charge in [-0.25, -0.2) is 0 Å². The van der Waals surface area contributed by atoms with Crippen LogP contribution in [0.4, 0.5) is 0 Å². The van der Waals surface area contributed by atoms with E-state index >= 15 is 0 Å². The molecule has 2 aromatic rings. The summed E-state index contributed by atoms with van der Waals surface area (Å²) in [7, 11) is 2.84. The van der Waals surface area contributed by atoms with E-state index in [1.165, 1.54) is 20.3 Å². The van der Waals surface area contributed by atoms with Crippen LogP contribution in [0.25, 0.3) is 0 Å². The Morgan fingerprint density at radius 3 is 2.57 bits per heavy atom. The molecule has 2 rings (SSSR count). The van der Waals surface area contributed by atoms with Crippen molar-refractivity contribution in [1.29, 1.82) is 0 Å². The van der Waals surface area contributed by atoms with Gasteiger partial charge in [0.1, 0.15) is 0 Å². The number of hydrogen-bond donors (Lipinski definition) is 2. The highest BCUT2D eigenvalue weighted by molar-refractivity contribution is 5.62. The Hall–Kier alpha value is -2.56. The number of rotatable bonds is 7. The van der Waals surface area contributed by atoms with Gasteiger partial charge in [0, 0.05) is 5.56 Å². The molecule has 0 saturated carbocycles. The van der Waals surface area contributed by atoms with Crippen molar-refractivity contribution in [2.24, 2.45) is 0 Å². The molecule has 5 nitrogen and oxygen atoms in total. The van der Waals surface area contributed by atoms with Gasteiger partial charge in [0.2, 0.25) is 11.5 Å². The predicted molar refractivity (Wildman–Crippen MR) is 87.4 cm³/mol. The second kappa shape index (κ2) is 7.63. The molecule has 1 aromatic heterocycles. The molecule has 0 bridgehead atoms. The molecule has 0 atom stereocenters. The van der Waals surface area contributed by atoms with Gasteiger partial charge in [-0.1, -0.05) is 11.6 Å². The SMILES string of the molecule is COc1c(O)cc(CC(C)=CCCc2ccoc2)c(O)c1OC. The number of methoxy groups -OCH3 is 2. The lowest BCUT2D eigenvalue weighted by Crippen LogP contribution is -1.96. The summed E-state index contributed by atoms with van der Waals surface area (Å²) in [5.41, 5.74) is 2.84. The van der Waals surface area contributed by atoms with E-state index in [4.69, 9.17) is 13.9 Å². The van der Waals surface area contributed by atoms with E-state index in [0.29, 0.717) is 12.0 Å². The second-order valence-corrected chi connectivity index (χ2v) is 5.37. The minimum Gasteiger partial charge on any atom is -0.504 e. The Morgan fingerprint density at radius 2 is 1.96 bits per heavy atom. The van der Waals surface area contributed by atoms with E-state index in [0.717, 1.165) is 24.0 Å². The molecule has 0 unspecified atom stereocenters. The maximum absolute atomic E-state index is 10.3. The maximum atomic E-state index is 10.3. The van der Waals surface area contributed by atoms with Crippen molar-refractivity contribution in [2.45, 2.75) is 26.2 Å². The van der Waals surface area contributed by atoms with Crippen LogP contribution in [0.15, 0.2) is 40.7 Å². The minimum atomic E-state index is -0.0525. The lowest BCUT2D eigenvalue weighted by Gasteiger charge is -2.14. The summed E-state index contributed by atoms with van der Waals surface area (Å²) < 4.78 is 15.2. The number of phenolic OH excluding ortho intramolecular Hbond substituents is 2. The predicted octanol–water partition coefficient (Wildman–Crippen LogP) is 3.83. The Bertz CT molecular complexity index is 671. The molecule has 0 aliphatic carbocycles. The van der Waals surface area contributed by atoms with Gasteiger partial charge in [-0.2, -0.15) is 0 Å². The Kier molecular flexibility index (Phi) is 5.57. The lowest BCUT2D eigenvalue weighted by atomic mass is 10.0. The summed E-state index contributed by atoms with van der Waals surface area (Å²) in [6, 6.07) is 3.45. The number of aromatic hydroxyl groups is 2. The minimum absolute atomic E-state index is 0.00951. The summed E-state index contributed by atoms with van der Waals surface area (Å²) in [5.74, 6) is 0.220. The summed E-state index contributed by atoms with van der Waals surface area (Å²) >= 11 is 0. The summed E-state index contributed by atoms with van der Waals surface area (Å²) in [6.45, 7) is 1.99. The van der Waals surface area contributed by atoms with Crippen LogP contribution in [0, 0.1) is 0 Å². The molecule has 0 fully saturated rings. The zero-order chi connectivity index (χ0) is 16.8. The first-order chi connectivity index (χ1) is 11.1. The van der Waals surface area contributed by atoms with E-state index < -0.39 is 0 Å². The third kappa shape index (κ3) is 4.00. The van der Waals surface area contributed by atoms with Crippen LogP contribution in [0.2, 0.25) is 0 Å². The zero-order valence-corrected chi connectivity index (χ0v) is 13.6. The molecule has 0 radical (unpaired) electrons. The van der Waals surface area contributed by atoms with Crippen LogP contribution in [-0.4, -0.2) is 24.4 Å². The van der Waals surface area contributed by atoms with Crippen molar-refractivity contribution in [1.82, 2.24) is 0 Å². The first-order valence-electron chi connectivity index (χ1n) is 7.39. The highest BCUT2D eigenvalue weighted by atomic mass is 16.5. The van der Waals surface area contributed by atoms with E-state index in [1.807, 2.05) is 13.0 Å². The summed E-state index contributed by atoms with van der Waals surface area (Å²) in [4.78, 5) is 0. The van der Waals surface area contributed by atoms with E-state index in [1.54, 1.807) is 12.5 Å². The van der Waals surface area contributed by atoms with Crippen LogP contribution in [0.1, 0.15) is 24.5 Å². The third-order valence-corrected chi connectivity index (χ3v) is 3.65. The zero-order valence-electron chi connectivity index (χ0n) is 13.6. The number of aryl methyl sites for hydroxylation is 1. The Morgan fingerprint density at radius 1 is 1.22 bits per heavy atom. The fourth-order valence-corrected chi connectivity index (χ4v) is 2.48. The van der Waals surface area contributed by atoms with Crippen LogP contribution in [-0.2, 0) is 12.8 Å². The van der Waals surface area contributed by atoms with Crippen LogP contribution < -0.4 is 9.47 Å². The molecular formula is C18H22O5. The number of hydrogen-bond acceptors (Lipinski definition) is 5. The van der Waals surface area contributed by atoms with Crippen LogP contribution >= 0.6 is 0 Å². The Labute approximate surface area is 135 Å². The van der Waals surface area contributed by atoms with Crippen LogP contribution in [0.3, 0.4) is 0 Å². The van der Waals surface area contributed by atoms with Gasteiger partial charge in [0.25, 0.3) is 0 Å². The average molecular weight is 318 g/mol. The quantitative estimate of drug-likeness (QED) is 0.599. The monoisotopic (exact) mass is 318 g/mol. The topological polar surface area (TPSA) is 72.1 Å². The maximum Gasteiger partial charge on any atom is 0.207 e. The number of phenols is 2. The number of benzene rings is 1. The lowest BCUT2D eigenvalue weighted by molar-refractivity contribution is 0.315. The van der Waals surface area contributed by atoms with E-state index in [9.17, 15) is 10.2 Å². The number of ether oxygens (including phenoxy) is 2. The molecule has 0 aliphatic heterocycles. The molecule has 1 heterocycles. The van der Waals surface area contributed by atoms with Gasteiger partial charge >= 0.3 is 0 Å². The third-order valence-electron chi connectivity index (χ3n) is 3.65. The molecule has 2 N–H and O–H groups in total. The van der Waals surface area contributed by atoms with Crippen molar-refractivity contribution >= 4 is 0 Å². The van der Waals surface area contributed by atoms with Gasteiger partial charge < -0.3 is 24.1 Å². The van der Waals surface area contributed by atoms with Crippen molar-refractivity contribution < 1.29 is 24.1 Å². The fourth-order valence-electron chi connectivity index (χ4n) is 2.48. The molecule has 0 amide bonds. The first kappa shape index (κ1) is 16.8. The first-order valence-corrected chi connectivity index (χ1v) is 7.39. The average Bonchev–Trinajstić information content (AvgIpc) is 3.03. The standard InChI is InChI=1S/C18H22O5/c1-12(5-4-6-13-7-8-23-11-13)9-14-10-15(19)17(21-2)18(22-3)16(14)20/h5,7-8,10-11,19-20H,4,6,9H2,1-3H3. The van der Waals surface area contributed by atoms with Crippen molar-refractivity contribution in [2.75, 3.05) is 14.2 Å². The molecule has 0 aliphatic rings. The van der Waals surface area contributed by atoms with E-state index in [2.05, 4.69) is 6.08 Å². The van der Waals surface area contributed by atoms with Gasteiger partial charge in [0.05, 0.1) is 26.7 Å². The molecule has 0 spiro atoms. The van der Waals surface area contributed by atoms with Gasteiger partial charge in [-0.3, -0.25) is 0 Å². The smallest absolute Gasteiger partial charge is 0.207 e. The highest BCUT2D eigenvalue weighted by Crippen LogP contribution is 2.45. The van der Waals surface area contributed by atoms with E-state index in [-0.39, 0.29) is 23.0 Å². The van der Waals surface area contributed by atoms with Gasteiger partial charge in [-0.05, 0) is 43.9 Å². The Balaban J connectivity index is 2.11. The second-order valence-electron chi connectivity index (χ2n) is 5.37. The largest absolute Gasteiger partial charge is 0.504 e. The van der Waals surface area contributed by atoms with Crippen LogP contribution in [0.5, 0.6) is 23.0 Å². The number of allylic oxidation sites excluding steroid dienone is 2. The molecule has 0 saturated heterocycles.